The fraction of sp³-hybridized carbons (Fsp3) is 0.471. The molecule has 48 heavy (non-hydrogen) atoms. The summed E-state index contributed by atoms with van der Waals surface area (Å²) < 4.78 is 10.1. The monoisotopic (exact) mass is 732 g/mol. The average Bonchev–Trinajstić information content (AvgIpc) is 3.61. The van der Waals surface area contributed by atoms with Gasteiger partial charge in [-0.2, -0.15) is 0 Å². The maximum Gasteiger partial charge on any atom is 0.271 e. The minimum Gasteiger partial charge on any atom is -0.496 e. The van der Waals surface area contributed by atoms with Crippen LogP contribution in [0, 0.1) is 0 Å². The van der Waals surface area contributed by atoms with E-state index in [1.165, 1.54) is 54.4 Å². The SMILES string of the molecule is C.C.C.COc1cc(Cl)nc2sc3c(=O)n(C4CCCCC4)cnc3c12.O=c1cc(Cl)[nH]c2sc3c(=O)n(C4CCCCC4)cnc3c12. The van der Waals surface area contributed by atoms with Crippen molar-refractivity contribution in [3.63, 3.8) is 0 Å². The second kappa shape index (κ2) is 15.5. The van der Waals surface area contributed by atoms with Crippen molar-refractivity contribution in [3.8, 4) is 5.75 Å². The Hall–Kier alpha value is -3.32. The molecule has 1 N–H and O–H groups in total. The molecule has 258 valence electrons. The van der Waals surface area contributed by atoms with E-state index in [0.29, 0.717) is 46.4 Å². The zero-order valence-corrected chi connectivity index (χ0v) is 27.6. The molecule has 0 saturated heterocycles. The van der Waals surface area contributed by atoms with Crippen molar-refractivity contribution in [1.82, 2.24) is 29.1 Å². The number of halogens is 2. The first kappa shape index (κ1) is 37.5. The third kappa shape index (κ3) is 6.77. The van der Waals surface area contributed by atoms with Crippen LogP contribution in [0.3, 0.4) is 0 Å². The number of hydrogen-bond donors (Lipinski definition) is 1. The van der Waals surface area contributed by atoms with E-state index >= 15 is 0 Å². The van der Waals surface area contributed by atoms with Crippen LogP contribution in [0.25, 0.3) is 40.9 Å². The Morgan fingerprint density at radius 1 is 0.771 bits per heavy atom. The summed E-state index contributed by atoms with van der Waals surface area (Å²) in [5, 5.41) is 1.85. The lowest BCUT2D eigenvalue weighted by Gasteiger charge is -2.23. The molecule has 0 bridgehead atoms. The lowest BCUT2D eigenvalue weighted by molar-refractivity contribution is 0.345. The number of hydrogen-bond acceptors (Lipinski definition) is 9. The number of rotatable bonds is 3. The summed E-state index contributed by atoms with van der Waals surface area (Å²) in [6.45, 7) is 0. The van der Waals surface area contributed by atoms with Crippen LogP contribution in [-0.2, 0) is 0 Å². The van der Waals surface area contributed by atoms with Gasteiger partial charge in [0.25, 0.3) is 11.1 Å². The fourth-order valence-electron chi connectivity index (χ4n) is 6.61. The van der Waals surface area contributed by atoms with Crippen LogP contribution in [0.1, 0.15) is 98.6 Å². The van der Waals surface area contributed by atoms with Crippen LogP contribution in [-0.4, -0.2) is 36.2 Å². The van der Waals surface area contributed by atoms with E-state index in [9.17, 15) is 14.4 Å². The Morgan fingerprint density at radius 2 is 1.29 bits per heavy atom. The molecule has 0 aromatic carbocycles. The van der Waals surface area contributed by atoms with E-state index in [1.807, 2.05) is 0 Å². The molecule has 2 fully saturated rings. The maximum absolute atomic E-state index is 12.9. The summed E-state index contributed by atoms with van der Waals surface area (Å²) >= 11 is 14.5. The van der Waals surface area contributed by atoms with Crippen LogP contribution in [0.2, 0.25) is 10.3 Å². The number of aromatic nitrogens is 6. The van der Waals surface area contributed by atoms with E-state index in [2.05, 4.69) is 19.9 Å². The summed E-state index contributed by atoms with van der Waals surface area (Å²) in [6.07, 6.45) is 14.5. The van der Waals surface area contributed by atoms with Crippen molar-refractivity contribution >= 4 is 86.7 Å². The predicted octanol–water partition coefficient (Wildman–Crippen LogP) is 9.54. The van der Waals surface area contributed by atoms with Crippen LogP contribution >= 0.6 is 45.9 Å². The highest BCUT2D eigenvalue weighted by Crippen LogP contribution is 2.38. The van der Waals surface area contributed by atoms with Crippen molar-refractivity contribution in [2.75, 3.05) is 7.11 Å². The molecule has 0 spiro atoms. The molecular formula is C34H42Cl2N6O4S2. The third-order valence-corrected chi connectivity index (χ3v) is 11.4. The average molecular weight is 734 g/mol. The Bertz CT molecular complexity index is 2240. The highest BCUT2D eigenvalue weighted by molar-refractivity contribution is 7.25. The molecule has 6 aromatic heterocycles. The minimum atomic E-state index is -0.202. The number of pyridine rings is 2. The van der Waals surface area contributed by atoms with Crippen LogP contribution in [0.15, 0.2) is 39.2 Å². The van der Waals surface area contributed by atoms with Gasteiger partial charge in [0.15, 0.2) is 5.43 Å². The first-order valence-corrected chi connectivity index (χ1v) is 17.5. The summed E-state index contributed by atoms with van der Waals surface area (Å²) in [6, 6.07) is 3.47. The van der Waals surface area contributed by atoms with Crippen LogP contribution in [0.5, 0.6) is 5.75 Å². The summed E-state index contributed by atoms with van der Waals surface area (Å²) in [4.78, 5) is 55.3. The van der Waals surface area contributed by atoms with Gasteiger partial charge in [-0.15, -0.1) is 22.7 Å². The predicted molar refractivity (Wildman–Crippen MR) is 202 cm³/mol. The summed E-state index contributed by atoms with van der Waals surface area (Å²) in [5.74, 6) is 0.605. The first-order valence-electron chi connectivity index (χ1n) is 15.1. The molecule has 0 amide bonds. The van der Waals surface area contributed by atoms with Gasteiger partial charge < -0.3 is 9.72 Å². The fourth-order valence-corrected chi connectivity index (χ4v) is 9.28. The van der Waals surface area contributed by atoms with Gasteiger partial charge in [-0.1, -0.05) is 84.0 Å². The smallest absolute Gasteiger partial charge is 0.271 e. The molecule has 2 saturated carbocycles. The number of ether oxygens (including phenoxy) is 1. The molecule has 0 atom stereocenters. The summed E-state index contributed by atoms with van der Waals surface area (Å²) in [5.41, 5.74) is 0.899. The van der Waals surface area contributed by atoms with Gasteiger partial charge in [-0.3, -0.25) is 23.5 Å². The maximum atomic E-state index is 12.9. The van der Waals surface area contributed by atoms with Crippen LogP contribution in [0.4, 0.5) is 0 Å². The highest BCUT2D eigenvalue weighted by atomic mass is 35.5. The van der Waals surface area contributed by atoms with Gasteiger partial charge >= 0.3 is 0 Å². The number of nitrogens with one attached hydrogen (secondary N) is 1. The summed E-state index contributed by atoms with van der Waals surface area (Å²) in [7, 11) is 1.58. The third-order valence-electron chi connectivity index (χ3n) is 8.83. The second-order valence-electron chi connectivity index (χ2n) is 11.6. The first-order chi connectivity index (χ1) is 21.8. The highest BCUT2D eigenvalue weighted by Gasteiger charge is 2.22. The second-order valence-corrected chi connectivity index (χ2v) is 14.4. The molecule has 2 aliphatic carbocycles. The lowest BCUT2D eigenvalue weighted by Crippen LogP contribution is -2.26. The molecule has 0 radical (unpaired) electrons. The molecule has 10 nitrogen and oxygen atoms in total. The van der Waals surface area contributed by atoms with Crippen molar-refractivity contribution in [1.29, 1.82) is 0 Å². The molecule has 2 aliphatic rings. The Labute approximate surface area is 296 Å². The topological polar surface area (TPSA) is 125 Å². The molecule has 8 rings (SSSR count). The van der Waals surface area contributed by atoms with Gasteiger partial charge in [0.1, 0.15) is 46.1 Å². The van der Waals surface area contributed by atoms with Gasteiger partial charge in [-0.25, -0.2) is 15.0 Å². The van der Waals surface area contributed by atoms with E-state index in [0.717, 1.165) is 43.9 Å². The number of nitrogens with zero attached hydrogens (tertiary/aromatic N) is 5. The number of H-pyrrole nitrogens is 1. The van der Waals surface area contributed by atoms with Gasteiger partial charge in [-0.05, 0) is 25.7 Å². The molecule has 6 aromatic rings. The van der Waals surface area contributed by atoms with Crippen LogP contribution < -0.4 is 21.3 Å². The van der Waals surface area contributed by atoms with Crippen molar-refractivity contribution in [2.45, 2.75) is 98.6 Å². The standard InChI is InChI=1S/C16H16ClN3O2S.C15H14ClN3O2S.3CH4/c1-22-10-7-11(17)19-15-12(10)13-14(23-15)16(21)20(8-18-13)9-5-3-2-4-6-9;16-10-6-9(20)11-12-13(22-14(11)18-10)15(21)19(7-17-12)8-4-2-1-3-5-8;;;/h7-9H,2-6H2,1H3;6-8H,1-5H2,(H,18,20);3*1H4. The van der Waals surface area contributed by atoms with E-state index in [4.69, 9.17) is 27.9 Å². The normalized spacial score (nSPS) is 15.4. The Morgan fingerprint density at radius 3 is 1.83 bits per heavy atom. The zero-order valence-electron chi connectivity index (χ0n) is 24.5. The number of methoxy groups -OCH3 is 1. The zero-order chi connectivity index (χ0) is 31.2. The Balaban J connectivity index is 0.000000204. The molecule has 0 aliphatic heterocycles. The van der Waals surface area contributed by atoms with Crippen molar-refractivity contribution in [3.05, 3.63) is 66.0 Å². The van der Waals surface area contributed by atoms with E-state index < -0.39 is 0 Å². The quantitative estimate of drug-likeness (QED) is 0.180. The Kier molecular flexibility index (Phi) is 12.1. The number of thiophene rings is 2. The lowest BCUT2D eigenvalue weighted by atomic mass is 9.95. The molecule has 0 unspecified atom stereocenters. The molecular weight excluding hydrogens is 691 g/mol. The number of aromatic amines is 1. The minimum absolute atomic E-state index is 0. The van der Waals surface area contributed by atoms with Gasteiger partial charge in [0.05, 0.1) is 30.5 Å². The van der Waals surface area contributed by atoms with Gasteiger partial charge in [0.2, 0.25) is 0 Å². The van der Waals surface area contributed by atoms with Crippen molar-refractivity contribution < 1.29 is 4.74 Å². The number of fused-ring (bicyclic) bond motifs is 6. The molecule has 6 heterocycles. The van der Waals surface area contributed by atoms with E-state index in [-0.39, 0.29) is 56.1 Å². The largest absolute Gasteiger partial charge is 0.496 e. The van der Waals surface area contributed by atoms with Crippen molar-refractivity contribution in [2.24, 2.45) is 0 Å². The van der Waals surface area contributed by atoms with Gasteiger partial charge in [0, 0.05) is 24.2 Å². The van der Waals surface area contributed by atoms with E-state index in [1.54, 1.807) is 35.0 Å². The molecule has 14 heteroatoms.